The molecule has 1 heterocycles. The van der Waals surface area contributed by atoms with Crippen LogP contribution in [-0.2, 0) is 4.79 Å². The van der Waals surface area contributed by atoms with Crippen molar-refractivity contribution < 1.29 is 4.79 Å². The molecule has 68 valence electrons. The van der Waals surface area contributed by atoms with Crippen LogP contribution in [0.15, 0.2) is 4.99 Å². The molecule has 1 aliphatic rings. The molecule has 0 aromatic rings. The van der Waals surface area contributed by atoms with Crippen molar-refractivity contribution in [2.45, 2.75) is 32.2 Å². The highest BCUT2D eigenvalue weighted by molar-refractivity contribution is 5.80. The highest BCUT2D eigenvalue weighted by Crippen LogP contribution is 2.06. The molecule has 1 unspecified atom stereocenters. The average molecular weight is 169 g/mol. The smallest absolute Gasteiger partial charge is 0.220 e. The normalized spacial score (nSPS) is 24.2. The number of nitrogens with two attached hydrogens (primary N) is 1. The van der Waals surface area contributed by atoms with Gasteiger partial charge < -0.3 is 11.1 Å². The van der Waals surface area contributed by atoms with Crippen LogP contribution in [0.25, 0.3) is 0 Å². The zero-order chi connectivity index (χ0) is 8.97. The Hall–Kier alpha value is -1.06. The van der Waals surface area contributed by atoms with E-state index in [4.69, 9.17) is 5.73 Å². The number of hydrogen-bond donors (Lipinski definition) is 2. The lowest BCUT2D eigenvalue weighted by Gasteiger charge is -2.05. The summed E-state index contributed by atoms with van der Waals surface area (Å²) < 4.78 is 0. The maximum absolute atomic E-state index is 10.8. The summed E-state index contributed by atoms with van der Waals surface area (Å²) in [6.45, 7) is 2.59. The molecule has 4 nitrogen and oxygen atoms in total. The predicted octanol–water partition coefficient (Wildman–Crippen LogP) is 0.0322. The molecule has 1 fully saturated rings. The van der Waals surface area contributed by atoms with Crippen LogP contribution in [0, 0.1) is 0 Å². The van der Waals surface area contributed by atoms with Crippen LogP contribution in [-0.4, -0.2) is 24.3 Å². The van der Waals surface area contributed by atoms with Gasteiger partial charge in [0.05, 0.1) is 12.4 Å². The van der Waals surface area contributed by atoms with Gasteiger partial charge in [-0.15, -0.1) is 0 Å². The Morgan fingerprint density at radius 1 is 1.83 bits per heavy atom. The van der Waals surface area contributed by atoms with Crippen molar-refractivity contribution in [1.29, 1.82) is 0 Å². The molecule has 0 aliphatic carbocycles. The van der Waals surface area contributed by atoms with Crippen LogP contribution in [0.4, 0.5) is 0 Å². The third-order valence-corrected chi connectivity index (χ3v) is 1.96. The fourth-order valence-corrected chi connectivity index (χ4v) is 1.15. The summed E-state index contributed by atoms with van der Waals surface area (Å²) in [5.74, 6) is 0.793. The Labute approximate surface area is 72.2 Å². The largest absolute Gasteiger partial charge is 0.387 e. The second-order valence-corrected chi connectivity index (χ2v) is 2.99. The molecule has 4 heteroatoms. The minimum Gasteiger partial charge on any atom is -0.387 e. The van der Waals surface area contributed by atoms with E-state index in [1.165, 1.54) is 0 Å². The number of hydrogen-bond acceptors (Lipinski definition) is 2. The highest BCUT2D eigenvalue weighted by atomic mass is 16.1. The average Bonchev–Trinajstić information content (AvgIpc) is 2.47. The molecule has 0 aromatic carbocycles. The number of amidine groups is 1. The van der Waals surface area contributed by atoms with E-state index in [1.807, 2.05) is 6.92 Å². The maximum Gasteiger partial charge on any atom is 0.220 e. The van der Waals surface area contributed by atoms with Crippen molar-refractivity contribution in [1.82, 2.24) is 5.32 Å². The maximum atomic E-state index is 10.8. The van der Waals surface area contributed by atoms with Crippen LogP contribution in [0.5, 0.6) is 0 Å². The Bertz CT molecular complexity index is 200. The first-order valence-corrected chi connectivity index (χ1v) is 4.30. The highest BCUT2D eigenvalue weighted by Gasteiger charge is 2.19. The standard InChI is InChI=1S/C8H15N3O/c1-2-7(9)10-5-6-3-4-8(12)11-6/h6H,2-5H2,1H3,(H2,9,10)(H,11,12). The number of carbonyl (C=O) groups is 1. The third kappa shape index (κ3) is 2.53. The van der Waals surface area contributed by atoms with E-state index < -0.39 is 0 Å². The summed E-state index contributed by atoms with van der Waals surface area (Å²) in [6.07, 6.45) is 2.30. The molecule has 1 saturated heterocycles. The number of aliphatic imine (C=N–C) groups is 1. The second-order valence-electron chi connectivity index (χ2n) is 2.99. The van der Waals surface area contributed by atoms with Gasteiger partial charge in [-0.25, -0.2) is 0 Å². The van der Waals surface area contributed by atoms with Gasteiger partial charge in [0.2, 0.25) is 5.91 Å². The summed E-state index contributed by atoms with van der Waals surface area (Å²) in [4.78, 5) is 14.9. The molecule has 12 heavy (non-hydrogen) atoms. The minimum absolute atomic E-state index is 0.130. The number of rotatable bonds is 3. The van der Waals surface area contributed by atoms with Gasteiger partial charge >= 0.3 is 0 Å². The summed E-state index contributed by atoms with van der Waals surface area (Å²) in [6, 6.07) is 0.211. The summed E-state index contributed by atoms with van der Waals surface area (Å²) >= 11 is 0. The fourth-order valence-electron chi connectivity index (χ4n) is 1.15. The number of nitrogens with one attached hydrogen (secondary N) is 1. The molecular formula is C8H15N3O. The molecule has 0 saturated carbocycles. The molecule has 0 radical (unpaired) electrons. The summed E-state index contributed by atoms with van der Waals surface area (Å²) in [5, 5.41) is 2.83. The lowest BCUT2D eigenvalue weighted by atomic mass is 10.2. The zero-order valence-electron chi connectivity index (χ0n) is 7.34. The third-order valence-electron chi connectivity index (χ3n) is 1.96. The number of carbonyl (C=O) groups excluding carboxylic acids is 1. The number of nitrogens with zero attached hydrogens (tertiary/aromatic N) is 1. The van der Waals surface area contributed by atoms with Crippen molar-refractivity contribution in [3.63, 3.8) is 0 Å². The predicted molar refractivity (Wildman–Crippen MR) is 47.9 cm³/mol. The SMILES string of the molecule is CCC(N)=NCC1CCC(=O)N1. The first-order valence-electron chi connectivity index (χ1n) is 4.30. The topological polar surface area (TPSA) is 67.5 Å². The van der Waals surface area contributed by atoms with Gasteiger partial charge in [-0.05, 0) is 6.42 Å². The molecule has 0 spiro atoms. The Morgan fingerprint density at radius 3 is 3.08 bits per heavy atom. The van der Waals surface area contributed by atoms with E-state index in [1.54, 1.807) is 0 Å². The Balaban J connectivity index is 2.28. The summed E-state index contributed by atoms with van der Waals surface area (Å²) in [5.41, 5.74) is 5.52. The van der Waals surface area contributed by atoms with E-state index in [0.29, 0.717) is 18.8 Å². The van der Waals surface area contributed by atoms with Gasteiger partial charge in [0, 0.05) is 18.9 Å². The van der Waals surface area contributed by atoms with Gasteiger partial charge in [-0.1, -0.05) is 6.92 Å². The molecule has 1 atom stereocenters. The van der Waals surface area contributed by atoms with Crippen LogP contribution < -0.4 is 11.1 Å². The molecule has 0 bridgehead atoms. The van der Waals surface area contributed by atoms with Gasteiger partial charge in [0.1, 0.15) is 0 Å². The zero-order valence-corrected chi connectivity index (χ0v) is 7.34. The van der Waals surface area contributed by atoms with Gasteiger partial charge in [-0.3, -0.25) is 9.79 Å². The van der Waals surface area contributed by atoms with Crippen molar-refractivity contribution in [3.8, 4) is 0 Å². The first-order chi connectivity index (χ1) is 5.72. The molecule has 0 aromatic heterocycles. The lowest BCUT2D eigenvalue weighted by molar-refractivity contribution is -0.119. The Morgan fingerprint density at radius 2 is 2.58 bits per heavy atom. The van der Waals surface area contributed by atoms with Crippen LogP contribution in [0.1, 0.15) is 26.2 Å². The van der Waals surface area contributed by atoms with Crippen molar-refractivity contribution >= 4 is 11.7 Å². The first kappa shape index (κ1) is 9.03. The quantitative estimate of drug-likeness (QED) is 0.462. The van der Waals surface area contributed by atoms with E-state index in [2.05, 4.69) is 10.3 Å². The molecule has 1 aliphatic heterocycles. The van der Waals surface area contributed by atoms with Gasteiger partial charge in [0.25, 0.3) is 0 Å². The molecular weight excluding hydrogens is 154 g/mol. The summed E-state index contributed by atoms with van der Waals surface area (Å²) in [7, 11) is 0. The lowest BCUT2D eigenvalue weighted by Crippen LogP contribution is -2.28. The molecule has 1 rings (SSSR count). The number of amides is 1. The second kappa shape index (κ2) is 4.09. The monoisotopic (exact) mass is 169 g/mol. The van der Waals surface area contributed by atoms with Crippen LogP contribution in [0.2, 0.25) is 0 Å². The van der Waals surface area contributed by atoms with Crippen LogP contribution in [0.3, 0.4) is 0 Å². The minimum atomic E-state index is 0.130. The van der Waals surface area contributed by atoms with Crippen molar-refractivity contribution in [2.24, 2.45) is 10.7 Å². The van der Waals surface area contributed by atoms with Gasteiger partial charge in [0.15, 0.2) is 0 Å². The van der Waals surface area contributed by atoms with Crippen LogP contribution >= 0.6 is 0 Å². The van der Waals surface area contributed by atoms with Crippen molar-refractivity contribution in [3.05, 3.63) is 0 Å². The van der Waals surface area contributed by atoms with Crippen molar-refractivity contribution in [2.75, 3.05) is 6.54 Å². The van der Waals surface area contributed by atoms with E-state index in [9.17, 15) is 4.79 Å². The van der Waals surface area contributed by atoms with Gasteiger partial charge in [-0.2, -0.15) is 0 Å². The Kier molecular flexibility index (Phi) is 3.08. The van der Waals surface area contributed by atoms with E-state index >= 15 is 0 Å². The van der Waals surface area contributed by atoms with E-state index in [-0.39, 0.29) is 11.9 Å². The van der Waals surface area contributed by atoms with E-state index in [0.717, 1.165) is 12.8 Å². The molecule has 3 N–H and O–H groups in total. The molecule has 1 amide bonds. The fraction of sp³-hybridized carbons (Fsp3) is 0.750.